The molecule has 0 saturated carbocycles. The summed E-state index contributed by atoms with van der Waals surface area (Å²) < 4.78 is 0. The Kier molecular flexibility index (Phi) is 19.8. The van der Waals surface area contributed by atoms with E-state index in [0.29, 0.717) is 29.9 Å². The Balaban J connectivity index is 3.90. The number of alkyl halides is 2. The normalized spacial score (nSPS) is 12.3. The molecule has 0 aliphatic rings. The van der Waals surface area contributed by atoms with E-state index in [-0.39, 0.29) is 10.2 Å². The SMILES string of the molecule is CSCCSC(CSCCSC(=O)CCCl)CSC(=O)CCCl. The van der Waals surface area contributed by atoms with Gasteiger partial charge in [-0.15, -0.1) is 23.2 Å². The molecule has 0 amide bonds. The molecular formula is C14H24Cl2O2S5. The van der Waals surface area contributed by atoms with E-state index in [1.54, 1.807) is 0 Å². The maximum atomic E-state index is 11.6. The number of carbonyl (C=O) groups excluding carboxylic acids is 2. The van der Waals surface area contributed by atoms with Crippen molar-refractivity contribution < 1.29 is 9.59 Å². The molecule has 0 aliphatic carbocycles. The van der Waals surface area contributed by atoms with Gasteiger partial charge in [0.15, 0.2) is 10.2 Å². The summed E-state index contributed by atoms with van der Waals surface area (Å²) in [6, 6.07) is 0. The van der Waals surface area contributed by atoms with E-state index in [2.05, 4.69) is 6.26 Å². The predicted octanol–water partition coefficient (Wildman–Crippen LogP) is 4.96. The average molecular weight is 456 g/mol. The van der Waals surface area contributed by atoms with Crippen LogP contribution in [0, 0.1) is 0 Å². The molecule has 1 unspecified atom stereocenters. The van der Waals surface area contributed by atoms with E-state index in [1.807, 2.05) is 35.3 Å². The standard InChI is InChI=1S/C14H24Cl2O2S5/c1-19-6-8-21-12(11-23-14(18)3-5-16)10-20-7-9-22-13(17)2-4-15/h12H,2-11H2,1H3. The lowest BCUT2D eigenvalue weighted by Gasteiger charge is -2.15. The molecule has 0 aliphatic heterocycles. The van der Waals surface area contributed by atoms with Crippen LogP contribution in [-0.2, 0) is 9.59 Å². The van der Waals surface area contributed by atoms with E-state index in [9.17, 15) is 9.59 Å². The van der Waals surface area contributed by atoms with Gasteiger partial charge in [0, 0.05) is 64.4 Å². The average Bonchev–Trinajstić information content (AvgIpc) is 2.52. The summed E-state index contributed by atoms with van der Waals surface area (Å²) in [5.74, 6) is 6.71. The molecule has 0 aromatic carbocycles. The highest BCUT2D eigenvalue weighted by molar-refractivity contribution is 8.15. The van der Waals surface area contributed by atoms with Gasteiger partial charge in [0.25, 0.3) is 0 Å². The molecule has 0 aromatic heterocycles. The molecule has 0 rings (SSSR count). The van der Waals surface area contributed by atoms with Crippen molar-refractivity contribution >= 4 is 92.2 Å². The molecule has 0 spiro atoms. The fourth-order valence-corrected chi connectivity index (χ4v) is 7.28. The molecule has 2 nitrogen and oxygen atoms in total. The Hall–Kier alpha value is 1.67. The minimum atomic E-state index is 0.175. The van der Waals surface area contributed by atoms with Crippen molar-refractivity contribution in [3.8, 4) is 0 Å². The zero-order valence-corrected chi connectivity index (χ0v) is 18.9. The first-order valence-electron chi connectivity index (χ1n) is 7.25. The third-order valence-electron chi connectivity index (χ3n) is 2.46. The topological polar surface area (TPSA) is 34.1 Å². The number of hydrogen-bond acceptors (Lipinski definition) is 7. The smallest absolute Gasteiger partial charge is 0.190 e. The van der Waals surface area contributed by atoms with Gasteiger partial charge in [-0.05, 0) is 6.26 Å². The van der Waals surface area contributed by atoms with E-state index in [4.69, 9.17) is 23.2 Å². The molecule has 23 heavy (non-hydrogen) atoms. The third-order valence-corrected chi connectivity index (χ3v) is 8.80. The van der Waals surface area contributed by atoms with Crippen molar-refractivity contribution in [1.29, 1.82) is 0 Å². The summed E-state index contributed by atoms with van der Waals surface area (Å²) in [6.07, 6.45) is 3.00. The van der Waals surface area contributed by atoms with Gasteiger partial charge in [-0.2, -0.15) is 35.3 Å². The summed E-state index contributed by atoms with van der Waals surface area (Å²) >= 11 is 19.6. The van der Waals surface area contributed by atoms with Gasteiger partial charge in [0.2, 0.25) is 0 Å². The number of halogens is 2. The fourth-order valence-electron chi connectivity index (χ4n) is 1.36. The Morgan fingerprint density at radius 2 is 1.52 bits per heavy atom. The summed E-state index contributed by atoms with van der Waals surface area (Å²) in [5, 5.41) is 0.830. The highest BCUT2D eigenvalue weighted by Gasteiger charge is 2.13. The van der Waals surface area contributed by atoms with Crippen molar-refractivity contribution in [2.75, 3.05) is 52.5 Å². The van der Waals surface area contributed by atoms with Gasteiger partial charge in [0.1, 0.15) is 0 Å². The Bertz CT molecular complexity index is 322. The maximum Gasteiger partial charge on any atom is 0.190 e. The lowest BCUT2D eigenvalue weighted by molar-refractivity contribution is -0.111. The first-order chi connectivity index (χ1) is 11.1. The second-order valence-electron chi connectivity index (χ2n) is 4.34. The minimum Gasteiger partial charge on any atom is -0.287 e. The Labute approximate surface area is 171 Å². The molecule has 0 saturated heterocycles. The summed E-state index contributed by atoms with van der Waals surface area (Å²) in [6.45, 7) is 0. The number of rotatable bonds is 15. The zero-order chi connectivity index (χ0) is 17.3. The maximum absolute atomic E-state index is 11.6. The van der Waals surface area contributed by atoms with Crippen LogP contribution < -0.4 is 0 Å². The van der Waals surface area contributed by atoms with Gasteiger partial charge in [0.05, 0.1) is 0 Å². The molecule has 0 fully saturated rings. The molecule has 0 radical (unpaired) electrons. The van der Waals surface area contributed by atoms with Crippen LogP contribution in [0.25, 0.3) is 0 Å². The molecule has 1 atom stereocenters. The first-order valence-corrected chi connectivity index (χ1v) is 13.9. The van der Waals surface area contributed by atoms with Crippen LogP contribution in [0.5, 0.6) is 0 Å². The highest BCUT2D eigenvalue weighted by Crippen LogP contribution is 2.23. The molecule has 9 heteroatoms. The molecule has 136 valence electrons. The Morgan fingerprint density at radius 1 is 0.870 bits per heavy atom. The minimum absolute atomic E-state index is 0.175. The van der Waals surface area contributed by atoms with Crippen LogP contribution in [0.1, 0.15) is 12.8 Å². The fraction of sp³-hybridized carbons (Fsp3) is 0.857. The molecular weight excluding hydrogens is 431 g/mol. The largest absolute Gasteiger partial charge is 0.287 e. The van der Waals surface area contributed by atoms with Crippen LogP contribution in [0.3, 0.4) is 0 Å². The van der Waals surface area contributed by atoms with Crippen molar-refractivity contribution in [3.63, 3.8) is 0 Å². The van der Waals surface area contributed by atoms with Crippen molar-refractivity contribution in [2.24, 2.45) is 0 Å². The quantitative estimate of drug-likeness (QED) is 0.255. The highest BCUT2D eigenvalue weighted by atomic mass is 35.5. The van der Waals surface area contributed by atoms with Crippen molar-refractivity contribution in [3.05, 3.63) is 0 Å². The summed E-state index contributed by atoms with van der Waals surface area (Å²) in [7, 11) is 0. The second-order valence-corrected chi connectivity index (χ2v) is 10.9. The van der Waals surface area contributed by atoms with Crippen LogP contribution in [0.15, 0.2) is 0 Å². The predicted molar refractivity (Wildman–Crippen MR) is 118 cm³/mol. The van der Waals surface area contributed by atoms with E-state index >= 15 is 0 Å². The van der Waals surface area contributed by atoms with Crippen molar-refractivity contribution in [1.82, 2.24) is 0 Å². The van der Waals surface area contributed by atoms with E-state index in [1.165, 1.54) is 23.5 Å². The lowest BCUT2D eigenvalue weighted by atomic mass is 10.5. The lowest BCUT2D eigenvalue weighted by Crippen LogP contribution is -2.14. The van der Waals surface area contributed by atoms with Gasteiger partial charge in [-0.3, -0.25) is 9.59 Å². The van der Waals surface area contributed by atoms with Crippen LogP contribution in [0.4, 0.5) is 0 Å². The van der Waals surface area contributed by atoms with Gasteiger partial charge in [-0.25, -0.2) is 0 Å². The van der Waals surface area contributed by atoms with Gasteiger partial charge >= 0.3 is 0 Å². The van der Waals surface area contributed by atoms with Crippen molar-refractivity contribution in [2.45, 2.75) is 18.1 Å². The van der Waals surface area contributed by atoms with Crippen LogP contribution >= 0.6 is 82.0 Å². The third kappa shape index (κ3) is 16.9. The zero-order valence-electron chi connectivity index (χ0n) is 13.3. The van der Waals surface area contributed by atoms with Crippen LogP contribution in [-0.4, -0.2) is 68.0 Å². The number of carbonyl (C=O) groups is 2. The van der Waals surface area contributed by atoms with Gasteiger partial charge in [-0.1, -0.05) is 23.5 Å². The second kappa shape index (κ2) is 18.5. The van der Waals surface area contributed by atoms with E-state index in [0.717, 1.165) is 34.5 Å². The Morgan fingerprint density at radius 3 is 2.13 bits per heavy atom. The van der Waals surface area contributed by atoms with E-state index < -0.39 is 0 Å². The molecule has 0 aromatic rings. The number of thioether (sulfide) groups is 5. The first kappa shape index (κ1) is 24.7. The summed E-state index contributed by atoms with van der Waals surface area (Å²) in [4.78, 5) is 23.0. The van der Waals surface area contributed by atoms with Crippen LogP contribution in [0.2, 0.25) is 0 Å². The molecule has 0 N–H and O–H groups in total. The molecule has 0 bridgehead atoms. The number of hydrogen-bond donors (Lipinski definition) is 0. The van der Waals surface area contributed by atoms with Gasteiger partial charge < -0.3 is 0 Å². The molecule has 0 heterocycles. The monoisotopic (exact) mass is 454 g/mol. The summed E-state index contributed by atoms with van der Waals surface area (Å²) in [5.41, 5.74) is 0.